The molecule has 0 spiro atoms. The van der Waals surface area contributed by atoms with Crippen molar-refractivity contribution in [3.63, 3.8) is 0 Å². The average Bonchev–Trinajstić information content (AvgIpc) is 2.52. The van der Waals surface area contributed by atoms with E-state index in [1.807, 2.05) is 20.8 Å². The Morgan fingerprint density at radius 1 is 1.11 bits per heavy atom. The largest absolute Gasteiger partial charge is 0.341 e. The fraction of sp³-hybridized carbons (Fsp3) is 0.917. The molecule has 6 heteroatoms. The lowest BCUT2D eigenvalue weighted by molar-refractivity contribution is -0.139. The molecule has 5 nitrogen and oxygen atoms in total. The Morgan fingerprint density at radius 3 is 2.22 bits per heavy atom. The zero-order valence-electron chi connectivity index (χ0n) is 11.8. The van der Waals surface area contributed by atoms with E-state index in [0.29, 0.717) is 32.6 Å². The molecule has 0 unspecified atom stereocenters. The van der Waals surface area contributed by atoms with Crippen LogP contribution in [0, 0.1) is 5.41 Å². The number of nitrogens with zero attached hydrogens (tertiary/aromatic N) is 2. The van der Waals surface area contributed by atoms with Crippen molar-refractivity contribution in [2.45, 2.75) is 34.1 Å². The molecule has 1 heterocycles. The lowest BCUT2D eigenvalue weighted by Gasteiger charge is -2.28. The summed E-state index contributed by atoms with van der Waals surface area (Å²) in [6.07, 6.45) is 0.709. The Morgan fingerprint density at radius 2 is 1.72 bits per heavy atom. The van der Waals surface area contributed by atoms with Gasteiger partial charge in [0.1, 0.15) is 0 Å². The van der Waals surface area contributed by atoms with Gasteiger partial charge in [-0.05, 0) is 13.3 Å². The minimum atomic E-state index is -3.13. The van der Waals surface area contributed by atoms with Gasteiger partial charge in [0.15, 0.2) is 0 Å². The van der Waals surface area contributed by atoms with Gasteiger partial charge in [0.05, 0.1) is 5.75 Å². The summed E-state index contributed by atoms with van der Waals surface area (Å²) in [6.45, 7) is 9.39. The van der Waals surface area contributed by atoms with E-state index >= 15 is 0 Å². The molecule has 0 saturated carbocycles. The molecule has 1 rings (SSSR count). The van der Waals surface area contributed by atoms with E-state index in [-0.39, 0.29) is 11.7 Å². The van der Waals surface area contributed by atoms with E-state index < -0.39 is 15.4 Å². The normalized spacial score (nSPS) is 19.7. The zero-order valence-corrected chi connectivity index (χ0v) is 12.6. The topological polar surface area (TPSA) is 57.7 Å². The molecule has 0 atom stereocenters. The predicted molar refractivity (Wildman–Crippen MR) is 71.7 cm³/mol. The van der Waals surface area contributed by atoms with Gasteiger partial charge >= 0.3 is 0 Å². The molecule has 18 heavy (non-hydrogen) atoms. The van der Waals surface area contributed by atoms with Gasteiger partial charge < -0.3 is 4.90 Å². The van der Waals surface area contributed by atoms with Crippen LogP contribution in [-0.4, -0.2) is 55.5 Å². The van der Waals surface area contributed by atoms with Gasteiger partial charge in [-0.2, -0.15) is 0 Å². The van der Waals surface area contributed by atoms with Crippen LogP contribution in [0.1, 0.15) is 34.1 Å². The molecule has 1 fully saturated rings. The Bertz CT molecular complexity index is 398. The lowest BCUT2D eigenvalue weighted by Crippen LogP contribution is -2.42. The van der Waals surface area contributed by atoms with Gasteiger partial charge in [-0.15, -0.1) is 0 Å². The van der Waals surface area contributed by atoms with Crippen LogP contribution in [0.4, 0.5) is 0 Å². The lowest BCUT2D eigenvalue weighted by atomic mass is 9.94. The van der Waals surface area contributed by atoms with Gasteiger partial charge in [0.2, 0.25) is 15.9 Å². The molecule has 0 N–H and O–H groups in total. The van der Waals surface area contributed by atoms with Crippen molar-refractivity contribution in [1.82, 2.24) is 9.21 Å². The van der Waals surface area contributed by atoms with Crippen LogP contribution in [0.25, 0.3) is 0 Å². The number of carbonyl (C=O) groups is 1. The number of sulfonamides is 1. The first-order valence-corrected chi connectivity index (χ1v) is 8.06. The molecule has 1 amide bonds. The minimum Gasteiger partial charge on any atom is -0.341 e. The molecule has 0 aromatic rings. The van der Waals surface area contributed by atoms with E-state index in [4.69, 9.17) is 0 Å². The molecule has 106 valence electrons. The highest BCUT2D eigenvalue weighted by Crippen LogP contribution is 2.19. The van der Waals surface area contributed by atoms with Crippen molar-refractivity contribution in [1.29, 1.82) is 0 Å². The molecule has 0 aromatic carbocycles. The molecule has 0 aromatic heterocycles. The first-order chi connectivity index (χ1) is 8.18. The van der Waals surface area contributed by atoms with Gasteiger partial charge in [0.25, 0.3) is 0 Å². The molecule has 0 bridgehead atoms. The quantitative estimate of drug-likeness (QED) is 0.753. The summed E-state index contributed by atoms with van der Waals surface area (Å²) in [4.78, 5) is 13.9. The monoisotopic (exact) mass is 276 g/mol. The van der Waals surface area contributed by atoms with Crippen LogP contribution in [-0.2, 0) is 14.8 Å². The zero-order chi connectivity index (χ0) is 14.0. The maximum Gasteiger partial charge on any atom is 0.227 e. The Balaban J connectivity index is 2.71. The van der Waals surface area contributed by atoms with Gasteiger partial charge in [0, 0.05) is 31.6 Å². The third kappa shape index (κ3) is 3.68. The Hall–Kier alpha value is -0.620. The second kappa shape index (κ2) is 5.57. The summed E-state index contributed by atoms with van der Waals surface area (Å²) in [5, 5.41) is 0. The molecule has 0 radical (unpaired) electrons. The van der Waals surface area contributed by atoms with Crippen molar-refractivity contribution in [3.8, 4) is 0 Å². The smallest absolute Gasteiger partial charge is 0.227 e. The summed E-state index contributed by atoms with van der Waals surface area (Å²) >= 11 is 0. The highest BCUT2D eigenvalue weighted by atomic mass is 32.2. The summed E-state index contributed by atoms with van der Waals surface area (Å²) in [5.41, 5.74) is -0.404. The van der Waals surface area contributed by atoms with Crippen molar-refractivity contribution in [2.75, 3.05) is 31.9 Å². The van der Waals surface area contributed by atoms with Crippen LogP contribution in [0.2, 0.25) is 0 Å². The maximum atomic E-state index is 12.2. The van der Waals surface area contributed by atoms with Gasteiger partial charge in [-0.3, -0.25) is 4.79 Å². The summed E-state index contributed by atoms with van der Waals surface area (Å²) in [5.74, 6) is 0.221. The van der Waals surface area contributed by atoms with Crippen LogP contribution >= 0.6 is 0 Å². The Kier molecular flexibility index (Phi) is 4.78. The van der Waals surface area contributed by atoms with Crippen LogP contribution < -0.4 is 0 Å². The van der Waals surface area contributed by atoms with E-state index in [1.165, 1.54) is 4.31 Å². The van der Waals surface area contributed by atoms with Crippen molar-refractivity contribution in [2.24, 2.45) is 5.41 Å². The summed E-state index contributed by atoms with van der Waals surface area (Å²) in [6, 6.07) is 0. The number of rotatable bonds is 2. The fourth-order valence-electron chi connectivity index (χ4n) is 2.03. The van der Waals surface area contributed by atoms with Crippen molar-refractivity contribution >= 4 is 15.9 Å². The molecule has 0 aliphatic carbocycles. The Labute approximate surface area is 110 Å². The third-order valence-electron chi connectivity index (χ3n) is 3.14. The molecular formula is C12H24N2O3S. The molecule has 1 aliphatic rings. The maximum absolute atomic E-state index is 12.2. The van der Waals surface area contributed by atoms with E-state index in [9.17, 15) is 13.2 Å². The fourth-order valence-corrected chi connectivity index (χ4v) is 3.16. The third-order valence-corrected chi connectivity index (χ3v) is 5.02. The second-order valence-corrected chi connectivity index (χ2v) is 7.95. The first-order valence-electron chi connectivity index (χ1n) is 6.45. The van der Waals surface area contributed by atoms with Gasteiger partial charge in [-0.25, -0.2) is 12.7 Å². The number of hydrogen-bond acceptors (Lipinski definition) is 3. The highest BCUT2D eigenvalue weighted by Gasteiger charge is 2.30. The summed E-state index contributed by atoms with van der Waals surface area (Å²) < 4.78 is 25.1. The minimum absolute atomic E-state index is 0.0956. The molecule has 1 aliphatic heterocycles. The SMILES string of the molecule is CCS(=O)(=O)N1CCCN(C(=O)C(C)(C)C)CC1. The van der Waals surface area contributed by atoms with Crippen LogP contribution in [0.3, 0.4) is 0 Å². The number of amides is 1. The average molecular weight is 276 g/mol. The van der Waals surface area contributed by atoms with E-state index in [2.05, 4.69) is 0 Å². The van der Waals surface area contributed by atoms with E-state index in [1.54, 1.807) is 11.8 Å². The predicted octanol–water partition coefficient (Wildman–Crippen LogP) is 0.916. The standard InChI is InChI=1S/C12H24N2O3S/c1-5-18(16,17)14-8-6-7-13(9-10-14)11(15)12(2,3)4/h5-10H2,1-4H3. The number of hydrogen-bond donors (Lipinski definition) is 0. The second-order valence-electron chi connectivity index (χ2n) is 5.70. The van der Waals surface area contributed by atoms with Gasteiger partial charge in [-0.1, -0.05) is 20.8 Å². The van der Waals surface area contributed by atoms with Crippen LogP contribution in [0.5, 0.6) is 0 Å². The van der Waals surface area contributed by atoms with Crippen molar-refractivity contribution < 1.29 is 13.2 Å². The van der Waals surface area contributed by atoms with Crippen LogP contribution in [0.15, 0.2) is 0 Å². The highest BCUT2D eigenvalue weighted by molar-refractivity contribution is 7.89. The molecular weight excluding hydrogens is 252 g/mol. The first kappa shape index (κ1) is 15.4. The van der Waals surface area contributed by atoms with E-state index in [0.717, 1.165) is 0 Å². The summed E-state index contributed by atoms with van der Waals surface area (Å²) in [7, 11) is -3.13. The number of carbonyl (C=O) groups excluding carboxylic acids is 1. The van der Waals surface area contributed by atoms with Crippen molar-refractivity contribution in [3.05, 3.63) is 0 Å². The molecule has 1 saturated heterocycles.